The number of pyridine rings is 1. The summed E-state index contributed by atoms with van der Waals surface area (Å²) in [6.07, 6.45) is 1.49. The molecule has 4 aromatic rings. The van der Waals surface area contributed by atoms with Crippen molar-refractivity contribution < 1.29 is 22.6 Å². The van der Waals surface area contributed by atoms with Crippen LogP contribution < -0.4 is 18.9 Å². The van der Waals surface area contributed by atoms with Gasteiger partial charge in [-0.1, -0.05) is 12.1 Å². The summed E-state index contributed by atoms with van der Waals surface area (Å²) in [7, 11) is -0.832. The van der Waals surface area contributed by atoms with Gasteiger partial charge in [-0.25, -0.2) is 23.4 Å². The summed E-state index contributed by atoms with van der Waals surface area (Å²) in [6.45, 7) is 6.20. The molecule has 4 rings (SSSR count). The number of nitrogens with one attached hydrogen (secondary N) is 1. The number of aliphatic imine (C=N–C) groups is 2. The molecular formula is C26H30N8O5S. The molecule has 3 aromatic heterocycles. The molecule has 14 heteroatoms. The molecule has 0 unspecified atom stereocenters. The highest BCUT2D eigenvalue weighted by atomic mass is 32.2. The Morgan fingerprint density at radius 2 is 1.77 bits per heavy atom. The van der Waals surface area contributed by atoms with Gasteiger partial charge in [0.1, 0.15) is 34.5 Å². The molecule has 0 saturated carbocycles. The number of amidine groups is 1. The van der Waals surface area contributed by atoms with E-state index in [0.717, 1.165) is 0 Å². The molecule has 13 nitrogen and oxygen atoms in total. The highest BCUT2D eigenvalue weighted by molar-refractivity contribution is 7.93. The number of methoxy groups -OCH3 is 2. The maximum Gasteiger partial charge on any atom is 0.241 e. The minimum absolute atomic E-state index is 0.0126. The average molecular weight is 567 g/mol. The first-order valence-electron chi connectivity index (χ1n) is 12.4. The van der Waals surface area contributed by atoms with Crippen LogP contribution in [0.25, 0.3) is 28.4 Å². The van der Waals surface area contributed by atoms with E-state index in [2.05, 4.69) is 29.9 Å². The number of aromatic nitrogens is 5. The molecule has 0 radical (unpaired) electrons. The van der Waals surface area contributed by atoms with Gasteiger partial charge in [0, 0.05) is 24.9 Å². The van der Waals surface area contributed by atoms with Crippen molar-refractivity contribution in [3.8, 4) is 34.6 Å². The third-order valence-corrected chi connectivity index (χ3v) is 6.65. The number of fused-ring (bicyclic) bond motifs is 1. The summed E-state index contributed by atoms with van der Waals surface area (Å²) in [5, 5.41) is 8.27. The zero-order valence-electron chi connectivity index (χ0n) is 22.8. The zero-order valence-corrected chi connectivity index (χ0v) is 23.6. The summed E-state index contributed by atoms with van der Waals surface area (Å²) in [5.74, 6) is 1.52. The van der Waals surface area contributed by atoms with Gasteiger partial charge >= 0.3 is 0 Å². The molecule has 40 heavy (non-hydrogen) atoms. The van der Waals surface area contributed by atoms with E-state index in [0.29, 0.717) is 53.3 Å². The fourth-order valence-electron chi connectivity index (χ4n) is 3.97. The largest absolute Gasteiger partial charge is 0.494 e. The minimum atomic E-state index is -3.91. The number of para-hydroxylation sites is 1. The summed E-state index contributed by atoms with van der Waals surface area (Å²) in [6, 6.07) is 12.2. The third kappa shape index (κ3) is 6.17. The number of ether oxygens (including phenoxy) is 3. The number of benzene rings is 1. The fraction of sp³-hybridized carbons (Fsp3) is 0.308. The Balaban J connectivity index is 1.91. The predicted octanol–water partition coefficient (Wildman–Crippen LogP) is 3.54. The highest BCUT2D eigenvalue weighted by Crippen LogP contribution is 2.38. The van der Waals surface area contributed by atoms with Gasteiger partial charge in [0.25, 0.3) is 0 Å². The van der Waals surface area contributed by atoms with Gasteiger partial charge < -0.3 is 14.2 Å². The first kappa shape index (κ1) is 28.4. The molecule has 1 N–H and O–H groups in total. The molecule has 0 aliphatic rings. The van der Waals surface area contributed by atoms with Crippen molar-refractivity contribution in [3.05, 3.63) is 42.5 Å². The highest BCUT2D eigenvalue weighted by Gasteiger charge is 2.24. The lowest BCUT2D eigenvalue weighted by Crippen LogP contribution is -2.23. The predicted molar refractivity (Wildman–Crippen MR) is 154 cm³/mol. The minimum Gasteiger partial charge on any atom is -0.494 e. The van der Waals surface area contributed by atoms with E-state index in [1.807, 2.05) is 6.92 Å². The third-order valence-electron chi connectivity index (χ3n) is 5.49. The Hall–Kier alpha value is -4.59. The van der Waals surface area contributed by atoms with E-state index in [1.165, 1.54) is 12.3 Å². The van der Waals surface area contributed by atoms with E-state index in [-0.39, 0.29) is 17.3 Å². The molecular weight excluding hydrogens is 536 g/mol. The second-order valence-corrected chi connectivity index (χ2v) is 9.88. The van der Waals surface area contributed by atoms with Crippen LogP contribution in [0, 0.1) is 0 Å². The zero-order chi connectivity index (χ0) is 28.7. The van der Waals surface area contributed by atoms with E-state index < -0.39 is 15.8 Å². The van der Waals surface area contributed by atoms with Gasteiger partial charge in [-0.05, 0) is 39.0 Å². The quantitative estimate of drug-likeness (QED) is 0.212. The van der Waals surface area contributed by atoms with Crippen molar-refractivity contribution in [3.63, 3.8) is 0 Å². The van der Waals surface area contributed by atoms with Gasteiger partial charge in [0.15, 0.2) is 11.6 Å². The topological polar surface area (TPSA) is 155 Å². The van der Waals surface area contributed by atoms with Crippen molar-refractivity contribution in [2.24, 2.45) is 9.98 Å². The Kier molecular flexibility index (Phi) is 8.89. The van der Waals surface area contributed by atoms with Crippen molar-refractivity contribution in [1.82, 2.24) is 24.7 Å². The van der Waals surface area contributed by atoms with Crippen molar-refractivity contribution in [2.75, 3.05) is 37.8 Å². The van der Waals surface area contributed by atoms with E-state index >= 15 is 0 Å². The number of imidazole rings is 1. The SMILES string of the molecule is CC=NC(CS(=O)(=O)Nc1cc2c(nn1)nc(-c1cccc(OCC)n1)n2-c1c(OC)cccc1OC)=NCC. The summed E-state index contributed by atoms with van der Waals surface area (Å²) < 4.78 is 47.1. The molecule has 1 aromatic carbocycles. The van der Waals surface area contributed by atoms with Gasteiger partial charge in [0.05, 0.1) is 26.3 Å². The number of rotatable bonds is 11. The molecule has 0 bridgehead atoms. The summed E-state index contributed by atoms with van der Waals surface area (Å²) in [5.41, 5.74) is 1.68. The molecule has 0 amide bonds. The molecule has 0 spiro atoms. The molecule has 0 saturated heterocycles. The van der Waals surface area contributed by atoms with Crippen LogP contribution >= 0.6 is 0 Å². The van der Waals surface area contributed by atoms with Crippen LogP contribution in [0.3, 0.4) is 0 Å². The van der Waals surface area contributed by atoms with Gasteiger partial charge in [-0.2, -0.15) is 0 Å². The molecule has 0 atom stereocenters. The van der Waals surface area contributed by atoms with Gasteiger partial charge in [0.2, 0.25) is 21.6 Å². The van der Waals surface area contributed by atoms with Crippen LogP contribution in [-0.2, 0) is 10.0 Å². The standard InChI is InChI=1S/C26H30N8O5S/c1-6-27-22(28-7-2)16-40(35,36)33-21-15-18-25(32-31-21)30-26(17-11-9-14-23(29-17)39-8-3)34(18)24-19(37-4)12-10-13-20(24)38-5/h6,9-15H,7-8,16H2,1-5H3,(H,31,33). The van der Waals surface area contributed by atoms with Crippen LogP contribution in [0.4, 0.5) is 5.82 Å². The second-order valence-electron chi connectivity index (χ2n) is 8.15. The van der Waals surface area contributed by atoms with Gasteiger partial charge in [-0.15, -0.1) is 10.2 Å². The lowest BCUT2D eigenvalue weighted by Gasteiger charge is -2.17. The van der Waals surface area contributed by atoms with Crippen LogP contribution in [0.2, 0.25) is 0 Å². The first-order valence-corrected chi connectivity index (χ1v) is 14.1. The monoisotopic (exact) mass is 566 g/mol. The Morgan fingerprint density at radius 3 is 2.42 bits per heavy atom. The maximum absolute atomic E-state index is 13.0. The Bertz CT molecular complexity index is 1640. The molecule has 3 heterocycles. The van der Waals surface area contributed by atoms with Crippen molar-refractivity contribution >= 4 is 39.1 Å². The Labute approximate surface area is 232 Å². The van der Waals surface area contributed by atoms with Crippen molar-refractivity contribution in [1.29, 1.82) is 0 Å². The first-order chi connectivity index (χ1) is 19.3. The van der Waals surface area contributed by atoms with Crippen molar-refractivity contribution in [2.45, 2.75) is 20.8 Å². The lowest BCUT2D eigenvalue weighted by molar-refractivity contribution is 0.327. The van der Waals surface area contributed by atoms with Crippen LogP contribution in [0.5, 0.6) is 17.4 Å². The van der Waals surface area contributed by atoms with Crippen LogP contribution in [0.1, 0.15) is 20.8 Å². The van der Waals surface area contributed by atoms with Crippen LogP contribution in [-0.4, -0.2) is 78.3 Å². The smallest absolute Gasteiger partial charge is 0.241 e. The number of hydrogen-bond donors (Lipinski definition) is 1. The second kappa shape index (κ2) is 12.5. The average Bonchev–Trinajstić information content (AvgIpc) is 3.31. The van der Waals surface area contributed by atoms with Crippen LogP contribution in [0.15, 0.2) is 52.4 Å². The number of nitrogens with zero attached hydrogens (tertiary/aromatic N) is 7. The maximum atomic E-state index is 13.0. The lowest BCUT2D eigenvalue weighted by atomic mass is 10.2. The van der Waals surface area contributed by atoms with E-state index in [1.54, 1.807) is 69.0 Å². The summed E-state index contributed by atoms with van der Waals surface area (Å²) in [4.78, 5) is 17.5. The van der Waals surface area contributed by atoms with E-state index in [9.17, 15) is 8.42 Å². The number of anilines is 1. The summed E-state index contributed by atoms with van der Waals surface area (Å²) >= 11 is 0. The molecule has 0 aliphatic heterocycles. The molecule has 210 valence electrons. The number of sulfonamides is 1. The normalized spacial score (nSPS) is 12.2. The number of hydrogen-bond acceptors (Lipinski definition) is 10. The molecule has 0 fully saturated rings. The van der Waals surface area contributed by atoms with Gasteiger partial charge in [-0.3, -0.25) is 14.3 Å². The fourth-order valence-corrected chi connectivity index (χ4v) is 4.97. The Morgan fingerprint density at radius 1 is 1.05 bits per heavy atom. The van der Waals surface area contributed by atoms with E-state index in [4.69, 9.17) is 19.2 Å². The molecule has 0 aliphatic carbocycles.